The first-order valence-electron chi connectivity index (χ1n) is 14.0. The van der Waals surface area contributed by atoms with Crippen molar-refractivity contribution in [2.45, 2.75) is 62.4 Å². The molecule has 2 saturated heterocycles. The molecule has 0 spiro atoms. The summed E-state index contributed by atoms with van der Waals surface area (Å²) in [5.74, 6) is 2.19. The average molecular weight is 486 g/mol. The van der Waals surface area contributed by atoms with Gasteiger partial charge in [0.1, 0.15) is 11.4 Å². The van der Waals surface area contributed by atoms with E-state index >= 15 is 0 Å². The van der Waals surface area contributed by atoms with Gasteiger partial charge in [0.25, 0.3) is 11.5 Å². The number of pyridine rings is 1. The van der Waals surface area contributed by atoms with Crippen molar-refractivity contribution in [1.82, 2.24) is 14.4 Å². The van der Waals surface area contributed by atoms with Crippen LogP contribution in [-0.2, 0) is 18.9 Å². The largest absolute Gasteiger partial charge is 0.508 e. The smallest absolute Gasteiger partial charge is 0.270 e. The van der Waals surface area contributed by atoms with Crippen molar-refractivity contribution in [3.63, 3.8) is 0 Å². The summed E-state index contributed by atoms with van der Waals surface area (Å²) >= 11 is 0. The molecule has 4 bridgehead atoms. The van der Waals surface area contributed by atoms with Crippen molar-refractivity contribution in [1.29, 1.82) is 0 Å². The molecule has 3 saturated carbocycles. The molecule has 1 amide bonds. The number of likely N-dealkylation sites (tertiary alicyclic amines) is 2. The fraction of sp³-hybridized carbons (Fsp3) is 0.600. The molecule has 3 heterocycles. The van der Waals surface area contributed by atoms with Gasteiger partial charge >= 0.3 is 0 Å². The number of aromatic nitrogens is 1. The number of phenols is 1. The molecule has 4 aliphatic carbocycles. The number of rotatable bonds is 3. The van der Waals surface area contributed by atoms with Gasteiger partial charge < -0.3 is 14.6 Å². The van der Waals surface area contributed by atoms with E-state index < -0.39 is 0 Å². The third-order valence-corrected chi connectivity index (χ3v) is 11.4. The monoisotopic (exact) mass is 485 g/mol. The fourth-order valence-electron chi connectivity index (χ4n) is 10.1. The molecule has 5 unspecified atom stereocenters. The number of hydrogen-bond donors (Lipinski definition) is 1. The van der Waals surface area contributed by atoms with Crippen LogP contribution in [-0.4, -0.2) is 57.1 Å². The molecule has 6 heteroatoms. The van der Waals surface area contributed by atoms with Gasteiger partial charge in [-0.1, -0.05) is 12.1 Å². The normalized spacial score (nSPS) is 38.1. The summed E-state index contributed by atoms with van der Waals surface area (Å²) in [5.41, 5.74) is 3.46. The molecule has 0 radical (unpaired) electrons. The van der Waals surface area contributed by atoms with Crippen LogP contribution in [0.2, 0.25) is 0 Å². The van der Waals surface area contributed by atoms with Gasteiger partial charge in [-0.15, -0.1) is 0 Å². The van der Waals surface area contributed by atoms with Crippen LogP contribution in [0.5, 0.6) is 5.75 Å². The molecule has 188 valence electrons. The summed E-state index contributed by atoms with van der Waals surface area (Å²) in [6.07, 6.45) is 8.41. The van der Waals surface area contributed by atoms with Gasteiger partial charge in [-0.2, -0.15) is 0 Å². The molecule has 6 aliphatic rings. The van der Waals surface area contributed by atoms with Gasteiger partial charge in [0, 0.05) is 43.7 Å². The summed E-state index contributed by atoms with van der Waals surface area (Å²) in [7, 11) is 1.71. The van der Waals surface area contributed by atoms with Crippen LogP contribution >= 0.6 is 0 Å². The molecule has 6 nitrogen and oxygen atoms in total. The van der Waals surface area contributed by atoms with E-state index in [9.17, 15) is 14.7 Å². The Balaban J connectivity index is 1.25. The fourth-order valence-corrected chi connectivity index (χ4v) is 10.1. The Labute approximate surface area is 211 Å². The Morgan fingerprint density at radius 3 is 2.83 bits per heavy atom. The number of fused-ring (bicyclic) bond motifs is 1. The minimum absolute atomic E-state index is 0.00756. The number of carbonyl (C=O) groups excluding carboxylic acids is 1. The van der Waals surface area contributed by atoms with Crippen LogP contribution in [0.25, 0.3) is 0 Å². The first-order chi connectivity index (χ1) is 17.4. The Hall–Kier alpha value is -2.60. The summed E-state index contributed by atoms with van der Waals surface area (Å²) in [6, 6.07) is 12.0. The van der Waals surface area contributed by atoms with Crippen LogP contribution < -0.4 is 5.56 Å². The standard InChI is InChI=1S/C30H35N3O3/c1-31-24(3-2-4-26(31)35)28(36)33-17-20-15-29-10-9-23(33)27(20)30(29)11-12-32(16-18-5-6-18)25(29)13-19-7-8-21(34)14-22(19)30/h2-4,7-8,14,18,20,23,25,27,34H,5-6,9-13,15-17H2,1H3/t20-,23?,25?,27?,29?,30?/m1/s1. The van der Waals surface area contributed by atoms with Crippen LogP contribution in [0.4, 0.5) is 0 Å². The second-order valence-electron chi connectivity index (χ2n) is 12.7. The van der Waals surface area contributed by atoms with Crippen LogP contribution in [0.15, 0.2) is 41.2 Å². The third-order valence-electron chi connectivity index (χ3n) is 11.4. The van der Waals surface area contributed by atoms with Gasteiger partial charge in [-0.05, 0) is 104 Å². The maximum atomic E-state index is 13.9. The van der Waals surface area contributed by atoms with Crippen LogP contribution in [0, 0.1) is 23.2 Å². The predicted octanol–water partition coefficient (Wildman–Crippen LogP) is 3.31. The minimum atomic E-state index is -0.135. The number of amides is 1. The topological polar surface area (TPSA) is 65.8 Å². The van der Waals surface area contributed by atoms with Crippen molar-refractivity contribution < 1.29 is 9.90 Å². The van der Waals surface area contributed by atoms with Crippen molar-refractivity contribution in [3.05, 3.63) is 63.6 Å². The summed E-state index contributed by atoms with van der Waals surface area (Å²) < 4.78 is 1.50. The lowest BCUT2D eigenvalue weighted by atomic mass is 9.43. The van der Waals surface area contributed by atoms with Crippen LogP contribution in [0.1, 0.15) is 60.1 Å². The molecule has 6 atom stereocenters. The SMILES string of the molecule is Cn1c(C(=O)N2C[C@H]3CC45CCC2C3C42CCN(CC3CC3)C5Cc3ccc(O)cc32)cccc1=O. The van der Waals surface area contributed by atoms with Crippen LogP contribution in [0.3, 0.4) is 0 Å². The number of phenolic OH excluding ortho intramolecular Hbond substituents is 1. The number of nitrogens with zero attached hydrogens (tertiary/aromatic N) is 3. The Morgan fingerprint density at radius 2 is 2.00 bits per heavy atom. The quantitative estimate of drug-likeness (QED) is 0.725. The highest BCUT2D eigenvalue weighted by Crippen LogP contribution is 2.75. The second kappa shape index (κ2) is 7.03. The summed E-state index contributed by atoms with van der Waals surface area (Å²) in [4.78, 5) is 31.1. The summed E-state index contributed by atoms with van der Waals surface area (Å²) in [6.45, 7) is 3.18. The first-order valence-corrected chi connectivity index (χ1v) is 14.0. The highest BCUT2D eigenvalue weighted by molar-refractivity contribution is 5.93. The van der Waals surface area contributed by atoms with E-state index in [-0.39, 0.29) is 28.3 Å². The average Bonchev–Trinajstić information content (AvgIpc) is 3.56. The minimum Gasteiger partial charge on any atom is -0.508 e. The molecule has 36 heavy (non-hydrogen) atoms. The molecular formula is C30H35N3O3. The first kappa shape index (κ1) is 21.5. The number of hydrogen-bond acceptors (Lipinski definition) is 4. The molecule has 2 aliphatic heterocycles. The van der Waals surface area contributed by atoms with Crippen molar-refractivity contribution in [2.75, 3.05) is 19.6 Å². The van der Waals surface area contributed by atoms with Gasteiger partial charge in [-0.3, -0.25) is 14.5 Å². The molecular weight excluding hydrogens is 450 g/mol. The Kier molecular flexibility index (Phi) is 4.20. The van der Waals surface area contributed by atoms with Crippen molar-refractivity contribution >= 4 is 5.91 Å². The van der Waals surface area contributed by atoms with Gasteiger partial charge in [-0.25, -0.2) is 0 Å². The zero-order valence-corrected chi connectivity index (χ0v) is 21.0. The molecule has 1 N–H and O–H groups in total. The highest BCUT2D eigenvalue weighted by atomic mass is 16.3. The lowest BCUT2D eigenvalue weighted by Gasteiger charge is -2.66. The summed E-state index contributed by atoms with van der Waals surface area (Å²) in [5, 5.41) is 10.6. The number of aromatic hydroxyl groups is 1. The van der Waals surface area contributed by atoms with Gasteiger partial charge in [0.15, 0.2) is 0 Å². The van der Waals surface area contributed by atoms with E-state index in [4.69, 9.17) is 0 Å². The zero-order chi connectivity index (χ0) is 24.4. The van der Waals surface area contributed by atoms with Crippen molar-refractivity contribution in [3.8, 4) is 5.75 Å². The second-order valence-corrected chi connectivity index (χ2v) is 12.7. The zero-order valence-electron chi connectivity index (χ0n) is 21.0. The Bertz CT molecular complexity index is 1350. The maximum absolute atomic E-state index is 13.9. The molecule has 1 aromatic heterocycles. The molecule has 1 aromatic carbocycles. The highest BCUT2D eigenvalue weighted by Gasteiger charge is 2.76. The number of piperidine rings is 1. The third kappa shape index (κ3) is 2.52. The molecule has 5 fully saturated rings. The van der Waals surface area contributed by atoms with Gasteiger partial charge in [0.05, 0.1) is 0 Å². The molecule has 2 aromatic rings. The molecule has 8 rings (SSSR count). The predicted molar refractivity (Wildman–Crippen MR) is 136 cm³/mol. The van der Waals surface area contributed by atoms with E-state index in [2.05, 4.69) is 21.9 Å². The lowest BCUT2D eigenvalue weighted by Crippen LogP contribution is -2.70. The van der Waals surface area contributed by atoms with E-state index in [0.717, 1.165) is 44.7 Å². The van der Waals surface area contributed by atoms with E-state index in [1.165, 1.54) is 47.6 Å². The maximum Gasteiger partial charge on any atom is 0.270 e. The van der Waals surface area contributed by atoms with E-state index in [1.54, 1.807) is 19.2 Å². The number of benzene rings is 1. The lowest BCUT2D eigenvalue weighted by molar-refractivity contribution is -0.102. The van der Waals surface area contributed by atoms with Gasteiger partial charge in [0.2, 0.25) is 0 Å². The Morgan fingerprint density at radius 1 is 1.14 bits per heavy atom. The van der Waals surface area contributed by atoms with E-state index in [0.29, 0.717) is 29.3 Å². The van der Waals surface area contributed by atoms with Crippen molar-refractivity contribution in [2.24, 2.45) is 30.2 Å². The van der Waals surface area contributed by atoms with E-state index in [1.807, 2.05) is 6.07 Å². The number of carbonyl (C=O) groups is 1.